The number of nitrogens with one attached hydrogen (secondary N) is 3. The lowest BCUT2D eigenvalue weighted by molar-refractivity contribution is -0.129. The van der Waals surface area contributed by atoms with E-state index in [1.165, 1.54) is 39.6 Å². The number of likely N-dealkylation sites (tertiary alicyclic amines) is 1. The van der Waals surface area contributed by atoms with Crippen molar-refractivity contribution < 1.29 is 19.3 Å². The Hall–Kier alpha value is -3.08. The molecular formula is C25H32N4O4S2. The zero-order valence-corrected chi connectivity index (χ0v) is 21.9. The molecule has 0 bridgehead atoms. The van der Waals surface area contributed by atoms with E-state index < -0.39 is 6.09 Å². The summed E-state index contributed by atoms with van der Waals surface area (Å²) in [6, 6.07) is 10.5. The van der Waals surface area contributed by atoms with Crippen LogP contribution in [-0.4, -0.2) is 43.6 Å². The topological polar surface area (TPSA) is 91.9 Å². The Kier molecular flexibility index (Phi) is 10.4. The van der Waals surface area contributed by atoms with Crippen molar-refractivity contribution in [2.75, 3.05) is 26.7 Å². The minimum Gasteiger partial charge on any atom is -0.453 e. The lowest BCUT2D eigenvalue weighted by atomic mass is 10.1. The highest BCUT2D eigenvalue weighted by molar-refractivity contribution is 7.27. The van der Waals surface area contributed by atoms with E-state index >= 15 is 0 Å². The number of hydrogen-bond donors (Lipinski definition) is 3. The molecule has 1 fully saturated rings. The molecule has 0 unspecified atom stereocenters. The third-order valence-electron chi connectivity index (χ3n) is 5.11. The first-order valence-corrected chi connectivity index (χ1v) is 13.4. The van der Waals surface area contributed by atoms with Gasteiger partial charge in [-0.25, -0.2) is 15.8 Å². The molecule has 35 heavy (non-hydrogen) atoms. The van der Waals surface area contributed by atoms with Crippen molar-refractivity contribution >= 4 is 49.8 Å². The van der Waals surface area contributed by atoms with Gasteiger partial charge < -0.3 is 15.0 Å². The number of thiophene rings is 2. The van der Waals surface area contributed by atoms with Gasteiger partial charge in [0.25, 0.3) is 0 Å². The Balaban J connectivity index is 0.000000188. The second-order valence-electron chi connectivity index (χ2n) is 7.84. The standard InChI is InChI=1S/C14H10N2OS2.C8H14N2O3.C3H8/c1-2-4-9(5-3-1)10-7-18-14-11(8-19-13(10)14)12-6-15-17-16-12;1-13-8(12)9-6-7(11)10-4-2-3-5-10;1-3-2/h1-8,15-16H;2-6H2,1H3,(H,9,12);3H2,1-2H3. The van der Waals surface area contributed by atoms with Crippen molar-refractivity contribution in [2.24, 2.45) is 0 Å². The van der Waals surface area contributed by atoms with Crippen molar-refractivity contribution in [2.45, 2.75) is 33.1 Å². The van der Waals surface area contributed by atoms with Crippen LogP contribution in [-0.2, 0) is 14.5 Å². The van der Waals surface area contributed by atoms with E-state index in [0.29, 0.717) is 0 Å². The zero-order valence-electron chi connectivity index (χ0n) is 20.3. The second kappa shape index (κ2) is 13.7. The molecule has 2 aromatic heterocycles. The van der Waals surface area contributed by atoms with Crippen LogP contribution in [0.15, 0.2) is 47.3 Å². The van der Waals surface area contributed by atoms with Crippen LogP contribution in [0.25, 0.3) is 26.2 Å². The fourth-order valence-corrected chi connectivity index (χ4v) is 5.90. The molecule has 0 radical (unpaired) electrons. The summed E-state index contributed by atoms with van der Waals surface area (Å²) in [6.07, 6.45) is 4.64. The molecule has 5 rings (SSSR count). The predicted octanol–water partition coefficient (Wildman–Crippen LogP) is 5.35. The quantitative estimate of drug-likeness (QED) is 0.433. The Morgan fingerprint density at radius 1 is 1.06 bits per heavy atom. The fraction of sp³-hybridized carbons (Fsp3) is 0.360. The predicted molar refractivity (Wildman–Crippen MR) is 143 cm³/mol. The molecule has 2 aliphatic heterocycles. The van der Waals surface area contributed by atoms with Gasteiger partial charge in [0.2, 0.25) is 5.91 Å². The van der Waals surface area contributed by atoms with Gasteiger partial charge in [-0.05, 0) is 18.4 Å². The van der Waals surface area contributed by atoms with Gasteiger partial charge >= 0.3 is 6.09 Å². The van der Waals surface area contributed by atoms with E-state index in [1.807, 2.05) is 12.3 Å². The number of fused-ring (bicyclic) bond motifs is 1. The maximum Gasteiger partial charge on any atom is 0.407 e. The first-order chi connectivity index (χ1) is 17.1. The summed E-state index contributed by atoms with van der Waals surface area (Å²) in [6.45, 7) is 5.90. The molecule has 2 aliphatic rings. The highest BCUT2D eigenvalue weighted by Gasteiger charge is 2.18. The molecule has 0 spiro atoms. The van der Waals surface area contributed by atoms with E-state index in [1.54, 1.807) is 27.6 Å². The van der Waals surface area contributed by atoms with Crippen LogP contribution < -0.4 is 16.3 Å². The third kappa shape index (κ3) is 7.20. The Bertz CT molecular complexity index is 1120. The smallest absolute Gasteiger partial charge is 0.407 e. The molecule has 0 aliphatic carbocycles. The first kappa shape index (κ1) is 26.5. The number of methoxy groups -OCH3 is 1. The number of amides is 2. The number of ether oxygens (including phenoxy) is 1. The van der Waals surface area contributed by atoms with E-state index in [4.69, 9.17) is 4.94 Å². The molecule has 3 N–H and O–H groups in total. The molecule has 188 valence electrons. The molecule has 0 saturated carbocycles. The number of alkyl carbamates (subject to hydrolysis) is 1. The van der Waals surface area contributed by atoms with Gasteiger partial charge in [0, 0.05) is 35.0 Å². The molecule has 1 aromatic carbocycles. The SMILES string of the molecule is C1=C(c2csc3c(-c4ccccc4)csc23)NON1.CCC.COC(=O)NCC(=O)N1CCCC1. The molecule has 1 saturated heterocycles. The van der Waals surface area contributed by atoms with Crippen LogP contribution in [0.1, 0.15) is 38.7 Å². The highest BCUT2D eigenvalue weighted by atomic mass is 32.1. The average Bonchev–Trinajstić information content (AvgIpc) is 3.69. The maximum atomic E-state index is 11.3. The van der Waals surface area contributed by atoms with Crippen molar-refractivity contribution in [3.63, 3.8) is 0 Å². The van der Waals surface area contributed by atoms with Gasteiger partial charge in [-0.15, -0.1) is 22.7 Å². The Labute approximate surface area is 213 Å². The summed E-state index contributed by atoms with van der Waals surface area (Å²) in [5, 5.41) is 6.75. The van der Waals surface area contributed by atoms with Crippen LogP contribution in [0.2, 0.25) is 0 Å². The van der Waals surface area contributed by atoms with Gasteiger partial charge in [-0.1, -0.05) is 50.6 Å². The maximum absolute atomic E-state index is 11.3. The van der Waals surface area contributed by atoms with Crippen molar-refractivity contribution in [1.29, 1.82) is 0 Å². The summed E-state index contributed by atoms with van der Waals surface area (Å²) >= 11 is 3.55. The van der Waals surface area contributed by atoms with Gasteiger partial charge in [-0.3, -0.25) is 4.79 Å². The number of hydroxylamine groups is 2. The largest absolute Gasteiger partial charge is 0.453 e. The number of nitrogens with zero attached hydrogens (tertiary/aromatic N) is 1. The van der Waals surface area contributed by atoms with Crippen LogP contribution in [0.5, 0.6) is 0 Å². The summed E-state index contributed by atoms with van der Waals surface area (Å²) in [4.78, 5) is 28.6. The third-order valence-corrected chi connectivity index (χ3v) is 7.27. The van der Waals surface area contributed by atoms with Crippen LogP contribution in [0, 0.1) is 0 Å². The minimum absolute atomic E-state index is 0.0344. The Morgan fingerprint density at radius 3 is 2.29 bits per heavy atom. The van der Waals surface area contributed by atoms with Crippen molar-refractivity contribution in [3.05, 3.63) is 52.9 Å². The van der Waals surface area contributed by atoms with Gasteiger partial charge in [0.05, 0.1) is 28.4 Å². The molecule has 8 nitrogen and oxygen atoms in total. The number of carbonyl (C=O) groups excluding carboxylic acids is 2. The molecule has 4 heterocycles. The van der Waals surface area contributed by atoms with Crippen LogP contribution >= 0.6 is 22.7 Å². The average molecular weight is 517 g/mol. The monoisotopic (exact) mass is 516 g/mol. The minimum atomic E-state index is -0.562. The molecular weight excluding hydrogens is 484 g/mol. The number of hydrogen-bond acceptors (Lipinski definition) is 8. The molecule has 10 heteroatoms. The molecule has 0 atom stereocenters. The van der Waals surface area contributed by atoms with Crippen molar-refractivity contribution in [1.82, 2.24) is 21.2 Å². The lowest BCUT2D eigenvalue weighted by Gasteiger charge is -2.14. The van der Waals surface area contributed by atoms with E-state index in [-0.39, 0.29) is 12.5 Å². The summed E-state index contributed by atoms with van der Waals surface area (Å²) in [5.74, 6) is -0.0390. The summed E-state index contributed by atoms with van der Waals surface area (Å²) in [5.41, 5.74) is 10.3. The normalized spacial score (nSPS) is 14.0. The number of rotatable bonds is 4. The Morgan fingerprint density at radius 2 is 1.69 bits per heavy atom. The van der Waals surface area contributed by atoms with E-state index in [0.717, 1.165) is 31.6 Å². The van der Waals surface area contributed by atoms with Crippen molar-refractivity contribution in [3.8, 4) is 11.1 Å². The number of carbonyl (C=O) groups is 2. The van der Waals surface area contributed by atoms with Crippen LogP contribution in [0.4, 0.5) is 4.79 Å². The van der Waals surface area contributed by atoms with Gasteiger partial charge in [0.15, 0.2) is 0 Å². The molecule has 2 amide bonds. The van der Waals surface area contributed by atoms with Gasteiger partial charge in [-0.2, -0.15) is 4.94 Å². The summed E-state index contributed by atoms with van der Waals surface area (Å²) in [7, 11) is 1.27. The highest BCUT2D eigenvalue weighted by Crippen LogP contribution is 2.41. The fourth-order valence-electron chi connectivity index (χ4n) is 3.46. The lowest BCUT2D eigenvalue weighted by Crippen LogP contribution is -2.38. The van der Waals surface area contributed by atoms with E-state index in [9.17, 15) is 9.59 Å². The second-order valence-corrected chi connectivity index (χ2v) is 9.60. The van der Waals surface area contributed by atoms with Crippen LogP contribution in [0.3, 0.4) is 0 Å². The molecule has 3 aromatic rings. The summed E-state index contributed by atoms with van der Waals surface area (Å²) < 4.78 is 6.98. The first-order valence-electron chi connectivity index (χ1n) is 11.6. The number of benzene rings is 1. The van der Waals surface area contributed by atoms with Gasteiger partial charge in [0.1, 0.15) is 6.54 Å². The zero-order chi connectivity index (χ0) is 25.0. The van der Waals surface area contributed by atoms with E-state index in [2.05, 4.69) is 69.9 Å².